The molecule has 0 unspecified atom stereocenters. The molecule has 6 aromatic rings. The molecule has 7 nitrogen and oxygen atoms in total. The van der Waals surface area contributed by atoms with Crippen molar-refractivity contribution in [2.24, 2.45) is 0 Å². The molecular weight excluding hydrogens is 1080 g/mol. The Hall–Kier alpha value is -5.24. The van der Waals surface area contributed by atoms with E-state index in [0.29, 0.717) is 32.3 Å². The Morgan fingerprint density at radius 1 is 0.549 bits per heavy atom. The van der Waals surface area contributed by atoms with Crippen LogP contribution in [0.1, 0.15) is 115 Å². The van der Waals surface area contributed by atoms with Crippen molar-refractivity contribution in [2.75, 3.05) is 13.7 Å². The van der Waals surface area contributed by atoms with E-state index in [1.165, 1.54) is 38.2 Å². The maximum Gasteiger partial charge on any atom is 0.306 e. The molecule has 0 N–H and O–H groups in total. The lowest BCUT2D eigenvalue weighted by Gasteiger charge is -2.46. The monoisotopic (exact) mass is 1170 g/mol. The molecular formula is C71H94O7Si4. The first-order valence-corrected chi connectivity index (χ1v) is 38.3. The molecule has 6 aromatic carbocycles. The highest BCUT2D eigenvalue weighted by molar-refractivity contribution is 7.00. The minimum atomic E-state index is -3.17. The van der Waals surface area contributed by atoms with Gasteiger partial charge in [0.2, 0.25) is 0 Å². The minimum Gasteiger partial charge on any atom is -0.469 e. The van der Waals surface area contributed by atoms with E-state index in [9.17, 15) is 4.79 Å². The summed E-state index contributed by atoms with van der Waals surface area (Å²) in [5.41, 5.74) is 0. The second kappa shape index (κ2) is 27.2. The third kappa shape index (κ3) is 14.5. The number of hydrogen-bond acceptors (Lipinski definition) is 7. The molecule has 0 saturated carbocycles. The van der Waals surface area contributed by atoms with Crippen molar-refractivity contribution >= 4 is 70.4 Å². The number of benzene rings is 6. The van der Waals surface area contributed by atoms with E-state index in [0.717, 1.165) is 0 Å². The predicted octanol–water partition coefficient (Wildman–Crippen LogP) is 13.3. The van der Waals surface area contributed by atoms with E-state index < -0.39 is 57.7 Å². The first kappa shape index (κ1) is 64.3. The fraction of sp³-hybridized carbons (Fsp3) is 0.423. The molecule has 0 amide bonds. The summed E-state index contributed by atoms with van der Waals surface area (Å²) < 4.78 is 44.3. The Balaban J connectivity index is 1.44. The Morgan fingerprint density at radius 3 is 1.29 bits per heavy atom. The molecule has 82 heavy (non-hydrogen) atoms. The van der Waals surface area contributed by atoms with Crippen LogP contribution in [0.5, 0.6) is 0 Å². The second-order valence-corrected chi connectivity index (χ2v) is 44.3. The number of ether oxygens (including phenoxy) is 2. The number of methoxy groups -OCH3 is 1. The lowest BCUT2D eigenvalue weighted by molar-refractivity contribution is -0.140. The highest BCUT2D eigenvalue weighted by Crippen LogP contribution is 2.45. The van der Waals surface area contributed by atoms with Crippen LogP contribution in [0.3, 0.4) is 0 Å². The third-order valence-corrected chi connectivity index (χ3v) is 36.8. The van der Waals surface area contributed by atoms with Crippen LogP contribution in [-0.2, 0) is 32.0 Å². The van der Waals surface area contributed by atoms with Gasteiger partial charge < -0.3 is 27.2 Å². The standard InChI is InChI=1S/C71H94O7Si4/c1-68(2,3)79(14,15)74-54-53-64(77-81(70(7,8)9,59-42-28-19-29-43-59)60-44-30-20-31-45-60)65-55-66(78-82(71(10,11)12,61-46-32-21-33-47-61)62-48-34-22-35-49-62)63(75-65)52-51-56(37-23-16-36-50-67(72)73-13)76-80(69(4,5)6,57-38-24-17-25-39-57)58-40-26-18-27-41-58/h17-22,24-35,38-49,51-52,56,63-66H,36-37,50,53-55H2,1-15H3/b52-51+/t56-,63-,64+,65-,66+/m1/s1. The molecule has 1 saturated heterocycles. The molecule has 11 heteroatoms. The van der Waals surface area contributed by atoms with E-state index in [4.69, 9.17) is 27.2 Å². The fourth-order valence-electron chi connectivity index (χ4n) is 11.9. The average molecular weight is 1170 g/mol. The molecule has 0 aromatic heterocycles. The zero-order valence-corrected chi connectivity index (χ0v) is 56.0. The summed E-state index contributed by atoms with van der Waals surface area (Å²) in [6, 6.07) is 65.3. The van der Waals surface area contributed by atoms with Gasteiger partial charge in [-0.15, -0.1) is 11.8 Å². The van der Waals surface area contributed by atoms with Gasteiger partial charge in [0.1, 0.15) is 6.10 Å². The van der Waals surface area contributed by atoms with E-state index in [2.05, 4.69) is 302 Å². The summed E-state index contributed by atoms with van der Waals surface area (Å²) in [5.74, 6) is 6.50. The number of esters is 1. The Labute approximate surface area is 498 Å². The molecule has 436 valence electrons. The molecule has 1 heterocycles. The van der Waals surface area contributed by atoms with Crippen molar-refractivity contribution in [1.29, 1.82) is 0 Å². The van der Waals surface area contributed by atoms with Crippen LogP contribution >= 0.6 is 0 Å². The van der Waals surface area contributed by atoms with Crippen LogP contribution in [0.15, 0.2) is 194 Å². The summed E-state index contributed by atoms with van der Waals surface area (Å²) in [7, 11) is -10.2. The lowest BCUT2D eigenvalue weighted by atomic mass is 10.0. The minimum absolute atomic E-state index is 0.0224. The lowest BCUT2D eigenvalue weighted by Crippen LogP contribution is -2.68. The van der Waals surface area contributed by atoms with Crippen LogP contribution in [0.4, 0.5) is 0 Å². The summed E-state index contributed by atoms with van der Waals surface area (Å²) in [4.78, 5) is 12.3. The smallest absolute Gasteiger partial charge is 0.306 e. The van der Waals surface area contributed by atoms with E-state index in [1.807, 2.05) is 0 Å². The van der Waals surface area contributed by atoms with Gasteiger partial charge in [0.05, 0.1) is 37.9 Å². The second-order valence-electron chi connectivity index (χ2n) is 26.7. The zero-order valence-electron chi connectivity index (χ0n) is 52.0. The van der Waals surface area contributed by atoms with Gasteiger partial charge in [0.25, 0.3) is 25.0 Å². The van der Waals surface area contributed by atoms with Gasteiger partial charge in [-0.2, -0.15) is 0 Å². The Morgan fingerprint density at radius 2 is 0.927 bits per heavy atom. The summed E-state index contributed by atoms with van der Waals surface area (Å²) in [6.45, 7) is 33.1. The third-order valence-electron chi connectivity index (χ3n) is 17.1. The SMILES string of the molecule is COC(=O)CCC#CC[C@H](/C=C/[C@H]1O[C@@H]([C@H](CCO[Si](C)(C)C(C)(C)C)O[Si](c2ccccc2)(c2ccccc2)C(C)(C)C)C[C@@H]1O[Si](c1ccccc1)(c1ccccc1)C(C)(C)C)O[Si](c1ccccc1)(c1ccccc1)C(C)(C)C. The number of rotatable bonds is 22. The van der Waals surface area contributed by atoms with Crippen LogP contribution in [0.2, 0.25) is 33.2 Å². The van der Waals surface area contributed by atoms with Crippen LogP contribution in [0, 0.1) is 11.8 Å². The van der Waals surface area contributed by atoms with Crippen molar-refractivity contribution in [2.45, 2.75) is 179 Å². The predicted molar refractivity (Wildman–Crippen MR) is 351 cm³/mol. The molecule has 1 aliphatic heterocycles. The van der Waals surface area contributed by atoms with Crippen LogP contribution < -0.4 is 31.1 Å². The quantitative estimate of drug-likeness (QED) is 0.0290. The normalized spacial score (nSPS) is 17.5. The topological polar surface area (TPSA) is 72.5 Å². The highest BCUT2D eigenvalue weighted by atomic mass is 28.4. The van der Waals surface area contributed by atoms with Crippen LogP contribution in [0.25, 0.3) is 0 Å². The highest BCUT2D eigenvalue weighted by Gasteiger charge is 2.57. The van der Waals surface area contributed by atoms with E-state index in [-0.39, 0.29) is 38.6 Å². The summed E-state index contributed by atoms with van der Waals surface area (Å²) in [6.07, 6.45) is 4.47. The van der Waals surface area contributed by atoms with Gasteiger partial charge in [0, 0.05) is 25.9 Å². The number of carbonyl (C=O) groups excluding carboxylic acids is 1. The van der Waals surface area contributed by atoms with Gasteiger partial charge >= 0.3 is 5.97 Å². The number of carbonyl (C=O) groups is 1. The molecule has 1 fully saturated rings. The molecule has 0 radical (unpaired) electrons. The van der Waals surface area contributed by atoms with Crippen molar-refractivity contribution in [3.8, 4) is 11.8 Å². The molecule has 7 rings (SSSR count). The molecule has 5 atom stereocenters. The summed E-state index contributed by atoms with van der Waals surface area (Å²) in [5, 5.41) is 6.33. The van der Waals surface area contributed by atoms with Gasteiger partial charge in [-0.3, -0.25) is 4.79 Å². The Kier molecular flexibility index (Phi) is 21.3. The van der Waals surface area contributed by atoms with Crippen molar-refractivity contribution < 1.29 is 32.0 Å². The van der Waals surface area contributed by atoms with Crippen LogP contribution in [-0.4, -0.2) is 83.5 Å². The molecule has 0 aliphatic carbocycles. The van der Waals surface area contributed by atoms with Crippen molar-refractivity contribution in [1.82, 2.24) is 0 Å². The first-order valence-electron chi connectivity index (χ1n) is 29.7. The largest absolute Gasteiger partial charge is 0.469 e. The molecule has 0 spiro atoms. The molecule has 0 bridgehead atoms. The number of hydrogen-bond donors (Lipinski definition) is 0. The van der Waals surface area contributed by atoms with Gasteiger partial charge in [-0.1, -0.05) is 277 Å². The van der Waals surface area contributed by atoms with Gasteiger partial charge in [-0.25, -0.2) is 0 Å². The molecule has 1 aliphatic rings. The first-order chi connectivity index (χ1) is 38.8. The van der Waals surface area contributed by atoms with Crippen molar-refractivity contribution in [3.05, 3.63) is 194 Å². The van der Waals surface area contributed by atoms with Crippen molar-refractivity contribution in [3.63, 3.8) is 0 Å². The van der Waals surface area contributed by atoms with Gasteiger partial charge in [-0.05, 0) is 70.8 Å². The van der Waals surface area contributed by atoms with Gasteiger partial charge in [0.15, 0.2) is 8.32 Å². The summed E-state index contributed by atoms with van der Waals surface area (Å²) >= 11 is 0. The maximum absolute atomic E-state index is 12.3. The average Bonchev–Trinajstić information content (AvgIpc) is 2.25. The zero-order chi connectivity index (χ0) is 59.5. The van der Waals surface area contributed by atoms with E-state index in [1.54, 1.807) is 0 Å². The Bertz CT molecular complexity index is 2890. The van der Waals surface area contributed by atoms with E-state index >= 15 is 0 Å². The maximum atomic E-state index is 12.3. The fourth-order valence-corrected chi connectivity index (χ4v) is 27.0.